The number of carboxylic acid groups (broad SMARTS) is 2. The van der Waals surface area contributed by atoms with E-state index in [0.29, 0.717) is 12.8 Å². The summed E-state index contributed by atoms with van der Waals surface area (Å²) in [6.07, 6.45) is 5.60. The van der Waals surface area contributed by atoms with Crippen molar-refractivity contribution in [2.75, 3.05) is 0 Å². The Morgan fingerprint density at radius 2 is 1.22 bits per heavy atom. The SMILES string of the molecule is O=C(O)CCCCCCCCCC(O)(O)C(=O)O. The highest BCUT2D eigenvalue weighted by Gasteiger charge is 2.31. The van der Waals surface area contributed by atoms with Crippen molar-refractivity contribution in [2.45, 2.75) is 63.6 Å². The molecule has 18 heavy (non-hydrogen) atoms. The molecule has 0 fully saturated rings. The number of hydrogen-bond donors (Lipinski definition) is 4. The summed E-state index contributed by atoms with van der Waals surface area (Å²) in [7, 11) is 0. The molecule has 0 aromatic rings. The molecule has 0 unspecified atom stereocenters. The monoisotopic (exact) mass is 262 g/mol. The zero-order chi connectivity index (χ0) is 14.0. The predicted molar refractivity (Wildman–Crippen MR) is 64.0 cm³/mol. The molecule has 0 rings (SSSR count). The van der Waals surface area contributed by atoms with Gasteiger partial charge in [-0.3, -0.25) is 4.79 Å². The van der Waals surface area contributed by atoms with Crippen LogP contribution in [0.25, 0.3) is 0 Å². The van der Waals surface area contributed by atoms with Crippen molar-refractivity contribution < 1.29 is 30.0 Å². The number of aliphatic hydroxyl groups is 2. The Kier molecular flexibility index (Phi) is 8.32. The largest absolute Gasteiger partial charge is 0.481 e. The Hall–Kier alpha value is -1.14. The van der Waals surface area contributed by atoms with E-state index in [9.17, 15) is 9.59 Å². The highest BCUT2D eigenvalue weighted by molar-refractivity contribution is 5.74. The molecule has 6 heteroatoms. The van der Waals surface area contributed by atoms with Crippen molar-refractivity contribution in [1.82, 2.24) is 0 Å². The maximum atomic E-state index is 10.4. The van der Waals surface area contributed by atoms with Crippen LogP contribution in [-0.2, 0) is 9.59 Å². The first kappa shape index (κ1) is 16.9. The molecule has 4 N–H and O–H groups in total. The van der Waals surface area contributed by atoms with Crippen LogP contribution in [0.15, 0.2) is 0 Å². The molecule has 0 aromatic heterocycles. The van der Waals surface area contributed by atoms with Gasteiger partial charge in [0.25, 0.3) is 5.79 Å². The van der Waals surface area contributed by atoms with Gasteiger partial charge in [-0.05, 0) is 12.8 Å². The Morgan fingerprint density at radius 3 is 1.67 bits per heavy atom. The molecular formula is C12H22O6. The maximum Gasteiger partial charge on any atom is 0.364 e. The third-order valence-electron chi connectivity index (χ3n) is 2.76. The minimum atomic E-state index is -2.61. The van der Waals surface area contributed by atoms with Crippen molar-refractivity contribution in [1.29, 1.82) is 0 Å². The van der Waals surface area contributed by atoms with Gasteiger partial charge in [0.05, 0.1) is 0 Å². The van der Waals surface area contributed by atoms with Crippen LogP contribution in [0.4, 0.5) is 0 Å². The summed E-state index contributed by atoms with van der Waals surface area (Å²) in [6.45, 7) is 0. The number of carboxylic acids is 2. The van der Waals surface area contributed by atoms with E-state index in [0.717, 1.165) is 32.1 Å². The molecule has 0 amide bonds. The Labute approximate surface area is 106 Å². The maximum absolute atomic E-state index is 10.4. The summed E-state index contributed by atoms with van der Waals surface area (Å²) in [5, 5.41) is 34.9. The number of hydrogen-bond acceptors (Lipinski definition) is 4. The molecule has 0 radical (unpaired) electrons. The minimum absolute atomic E-state index is 0.165. The zero-order valence-corrected chi connectivity index (χ0v) is 10.5. The fourth-order valence-electron chi connectivity index (χ4n) is 1.64. The summed E-state index contributed by atoms with van der Waals surface area (Å²) in [4.78, 5) is 20.6. The van der Waals surface area contributed by atoms with E-state index in [4.69, 9.17) is 20.4 Å². The van der Waals surface area contributed by atoms with Gasteiger partial charge in [-0.2, -0.15) is 0 Å². The summed E-state index contributed by atoms with van der Waals surface area (Å²) < 4.78 is 0. The lowest BCUT2D eigenvalue weighted by molar-refractivity contribution is -0.205. The molecule has 0 aliphatic rings. The van der Waals surface area contributed by atoms with Gasteiger partial charge in [0.2, 0.25) is 0 Å². The molecule has 0 aliphatic heterocycles. The van der Waals surface area contributed by atoms with Crippen LogP contribution in [-0.4, -0.2) is 38.2 Å². The van der Waals surface area contributed by atoms with E-state index in [1.165, 1.54) is 0 Å². The van der Waals surface area contributed by atoms with Gasteiger partial charge in [-0.15, -0.1) is 0 Å². The van der Waals surface area contributed by atoms with Gasteiger partial charge in [0.1, 0.15) is 0 Å². The van der Waals surface area contributed by atoms with Crippen molar-refractivity contribution >= 4 is 11.9 Å². The lowest BCUT2D eigenvalue weighted by atomic mass is 10.0. The summed E-state index contributed by atoms with van der Waals surface area (Å²) >= 11 is 0. The molecular weight excluding hydrogens is 240 g/mol. The van der Waals surface area contributed by atoms with E-state index >= 15 is 0 Å². The van der Waals surface area contributed by atoms with Crippen LogP contribution >= 0.6 is 0 Å². The van der Waals surface area contributed by atoms with Gasteiger partial charge < -0.3 is 20.4 Å². The second-order valence-corrected chi connectivity index (χ2v) is 4.49. The molecule has 0 atom stereocenters. The Bertz CT molecular complexity index is 261. The van der Waals surface area contributed by atoms with Crippen molar-refractivity contribution in [2.24, 2.45) is 0 Å². The number of unbranched alkanes of at least 4 members (excludes halogenated alkanes) is 6. The molecule has 0 saturated carbocycles. The van der Waals surface area contributed by atoms with E-state index in [1.807, 2.05) is 0 Å². The van der Waals surface area contributed by atoms with Gasteiger partial charge >= 0.3 is 11.9 Å². The van der Waals surface area contributed by atoms with E-state index in [1.54, 1.807) is 0 Å². The fourth-order valence-corrected chi connectivity index (χ4v) is 1.64. The van der Waals surface area contributed by atoms with E-state index < -0.39 is 17.7 Å². The van der Waals surface area contributed by atoms with Gasteiger partial charge in [0.15, 0.2) is 0 Å². The zero-order valence-electron chi connectivity index (χ0n) is 10.5. The van der Waals surface area contributed by atoms with E-state index in [2.05, 4.69) is 0 Å². The van der Waals surface area contributed by atoms with Crippen molar-refractivity contribution in [3.63, 3.8) is 0 Å². The third-order valence-corrected chi connectivity index (χ3v) is 2.76. The first-order valence-electron chi connectivity index (χ1n) is 6.26. The summed E-state index contributed by atoms with van der Waals surface area (Å²) in [6, 6.07) is 0. The van der Waals surface area contributed by atoms with Crippen LogP contribution in [0.5, 0.6) is 0 Å². The average Bonchev–Trinajstić information content (AvgIpc) is 2.26. The normalized spacial score (nSPS) is 11.4. The number of aliphatic carboxylic acids is 2. The van der Waals surface area contributed by atoms with Crippen molar-refractivity contribution in [3.05, 3.63) is 0 Å². The highest BCUT2D eigenvalue weighted by atomic mass is 16.5. The molecule has 0 aromatic carbocycles. The molecule has 0 heterocycles. The third kappa shape index (κ3) is 8.95. The fraction of sp³-hybridized carbons (Fsp3) is 0.833. The molecule has 0 spiro atoms. The topological polar surface area (TPSA) is 115 Å². The van der Waals surface area contributed by atoms with Crippen LogP contribution in [0, 0.1) is 0 Å². The highest BCUT2D eigenvalue weighted by Crippen LogP contribution is 2.14. The molecule has 106 valence electrons. The minimum Gasteiger partial charge on any atom is -0.481 e. The lowest BCUT2D eigenvalue weighted by Gasteiger charge is -2.15. The molecule has 0 aliphatic carbocycles. The van der Waals surface area contributed by atoms with E-state index in [-0.39, 0.29) is 12.8 Å². The van der Waals surface area contributed by atoms with Crippen LogP contribution in [0.3, 0.4) is 0 Å². The van der Waals surface area contributed by atoms with Crippen LogP contribution in [0.2, 0.25) is 0 Å². The Morgan fingerprint density at radius 1 is 0.778 bits per heavy atom. The second kappa shape index (κ2) is 8.88. The van der Waals surface area contributed by atoms with Gasteiger partial charge in [0, 0.05) is 12.8 Å². The summed E-state index contributed by atoms with van der Waals surface area (Å²) in [5.74, 6) is -5.00. The first-order valence-corrected chi connectivity index (χ1v) is 6.26. The van der Waals surface area contributed by atoms with Crippen LogP contribution in [0.1, 0.15) is 57.8 Å². The molecule has 0 bridgehead atoms. The quantitative estimate of drug-likeness (QED) is 0.330. The molecule has 6 nitrogen and oxygen atoms in total. The van der Waals surface area contributed by atoms with Crippen LogP contribution < -0.4 is 0 Å². The number of carbonyl (C=O) groups is 2. The predicted octanol–water partition coefficient (Wildman–Crippen LogP) is 1.35. The van der Waals surface area contributed by atoms with Crippen molar-refractivity contribution in [3.8, 4) is 0 Å². The first-order chi connectivity index (χ1) is 8.36. The number of rotatable bonds is 11. The summed E-state index contributed by atoms with van der Waals surface area (Å²) in [5.41, 5.74) is 0. The lowest BCUT2D eigenvalue weighted by Crippen LogP contribution is -2.37. The second-order valence-electron chi connectivity index (χ2n) is 4.49. The average molecular weight is 262 g/mol. The Balaban J connectivity index is 3.31. The van der Waals surface area contributed by atoms with Gasteiger partial charge in [-0.25, -0.2) is 4.79 Å². The van der Waals surface area contributed by atoms with Gasteiger partial charge in [-0.1, -0.05) is 32.1 Å². The smallest absolute Gasteiger partial charge is 0.364 e. The molecule has 0 saturated heterocycles. The standard InChI is InChI=1S/C12H22O6/c13-10(14)8-6-4-2-1-3-5-7-9-12(17,18)11(15)16/h17-18H,1-9H2,(H,13,14)(H,15,16).